The molecule has 0 saturated heterocycles. The highest BCUT2D eigenvalue weighted by atomic mass is 32.2. The first-order valence-electron chi connectivity index (χ1n) is 4.76. The van der Waals surface area contributed by atoms with Crippen LogP contribution in [-0.4, -0.2) is 13.2 Å². The molecule has 1 aromatic rings. The van der Waals surface area contributed by atoms with E-state index in [9.17, 15) is 8.42 Å². The maximum absolute atomic E-state index is 12.1. The minimum absolute atomic E-state index is 0.354. The first-order chi connectivity index (χ1) is 6.79. The molecule has 0 N–H and O–H groups in total. The fourth-order valence-electron chi connectivity index (χ4n) is 1.16. The molecule has 0 aromatic heterocycles. The molecule has 0 fully saturated rings. The van der Waals surface area contributed by atoms with Crippen LogP contribution in [0.2, 0.25) is 0 Å². The highest BCUT2D eigenvalue weighted by molar-refractivity contribution is 7.92. The van der Waals surface area contributed by atoms with E-state index in [-0.39, 0.29) is 0 Å². The van der Waals surface area contributed by atoms with Crippen LogP contribution < -0.4 is 0 Å². The van der Waals surface area contributed by atoms with Gasteiger partial charge in [0.25, 0.3) is 0 Å². The van der Waals surface area contributed by atoms with Gasteiger partial charge in [0.15, 0.2) is 9.84 Å². The highest BCUT2D eigenvalue weighted by Gasteiger charge is 2.30. The van der Waals surface area contributed by atoms with Crippen LogP contribution in [0.4, 0.5) is 0 Å². The van der Waals surface area contributed by atoms with Crippen molar-refractivity contribution in [3.05, 3.63) is 36.4 Å². The van der Waals surface area contributed by atoms with Crippen LogP contribution in [0.25, 0.3) is 6.08 Å². The Morgan fingerprint density at radius 3 is 2.33 bits per heavy atom. The highest BCUT2D eigenvalue weighted by Crippen LogP contribution is 2.25. The first kappa shape index (κ1) is 12.0. The number of hydrogen-bond donors (Lipinski definition) is 0. The van der Waals surface area contributed by atoms with Gasteiger partial charge in [0.2, 0.25) is 0 Å². The lowest BCUT2D eigenvalue weighted by atomic mass is 10.2. The van der Waals surface area contributed by atoms with E-state index in [0.29, 0.717) is 4.90 Å². The lowest BCUT2D eigenvalue weighted by molar-refractivity contribution is 0.560. The van der Waals surface area contributed by atoms with E-state index in [4.69, 9.17) is 0 Å². The molecule has 0 aliphatic rings. The Bertz CT molecular complexity index is 465. The average Bonchev–Trinajstić information content (AvgIpc) is 2.16. The van der Waals surface area contributed by atoms with E-state index in [2.05, 4.69) is 6.58 Å². The molecule has 1 rings (SSSR count). The SMILES string of the molecule is C=Cc1cccc(S(=O)(=O)C(C)(C)C)c1. The van der Waals surface area contributed by atoms with Crippen LogP contribution in [-0.2, 0) is 9.84 Å². The van der Waals surface area contributed by atoms with Gasteiger partial charge >= 0.3 is 0 Å². The van der Waals surface area contributed by atoms with Gasteiger partial charge in [-0.05, 0) is 38.5 Å². The zero-order valence-electron chi connectivity index (χ0n) is 9.32. The van der Waals surface area contributed by atoms with E-state index < -0.39 is 14.6 Å². The van der Waals surface area contributed by atoms with Crippen LogP contribution >= 0.6 is 0 Å². The predicted octanol–water partition coefficient (Wildman–Crippen LogP) is 2.90. The molecule has 0 aliphatic carbocycles. The van der Waals surface area contributed by atoms with Crippen molar-refractivity contribution in [1.29, 1.82) is 0 Å². The summed E-state index contributed by atoms with van der Waals surface area (Å²) in [6.45, 7) is 8.71. The molecule has 0 bridgehead atoms. The normalized spacial score (nSPS) is 12.5. The molecule has 2 nitrogen and oxygen atoms in total. The van der Waals surface area contributed by atoms with Crippen LogP contribution in [0.3, 0.4) is 0 Å². The molecule has 15 heavy (non-hydrogen) atoms. The standard InChI is InChI=1S/C12H16O2S/c1-5-10-7-6-8-11(9-10)15(13,14)12(2,3)4/h5-9H,1H2,2-4H3. The Morgan fingerprint density at radius 1 is 1.27 bits per heavy atom. The largest absolute Gasteiger partial charge is 0.223 e. The molecular weight excluding hydrogens is 208 g/mol. The number of sulfone groups is 1. The lowest BCUT2D eigenvalue weighted by Crippen LogP contribution is -2.27. The molecule has 0 heterocycles. The summed E-state index contributed by atoms with van der Waals surface area (Å²) in [6, 6.07) is 6.82. The number of hydrogen-bond acceptors (Lipinski definition) is 2. The van der Waals surface area contributed by atoms with Gasteiger partial charge in [0.1, 0.15) is 0 Å². The fourth-order valence-corrected chi connectivity index (χ4v) is 2.42. The summed E-state index contributed by atoms with van der Waals surface area (Å²) in [4.78, 5) is 0.354. The van der Waals surface area contributed by atoms with Gasteiger partial charge in [-0.15, -0.1) is 0 Å². The van der Waals surface area contributed by atoms with Gasteiger partial charge < -0.3 is 0 Å². The third-order valence-electron chi connectivity index (χ3n) is 2.21. The third-order valence-corrected chi connectivity index (χ3v) is 4.70. The molecule has 3 heteroatoms. The minimum atomic E-state index is -3.26. The summed E-state index contributed by atoms with van der Waals surface area (Å²) in [7, 11) is -3.26. The molecule has 0 saturated carbocycles. The van der Waals surface area contributed by atoms with Crippen LogP contribution in [0, 0.1) is 0 Å². The summed E-state index contributed by atoms with van der Waals surface area (Å²) in [5.74, 6) is 0. The van der Waals surface area contributed by atoms with E-state index in [1.165, 1.54) is 0 Å². The summed E-state index contributed by atoms with van der Waals surface area (Å²) in [6.07, 6.45) is 1.64. The molecule has 0 unspecified atom stereocenters. The predicted molar refractivity (Wildman–Crippen MR) is 63.5 cm³/mol. The Morgan fingerprint density at radius 2 is 1.87 bits per heavy atom. The first-order valence-corrected chi connectivity index (χ1v) is 6.24. The van der Waals surface area contributed by atoms with Crippen LogP contribution in [0.15, 0.2) is 35.7 Å². The van der Waals surface area contributed by atoms with Crippen molar-refractivity contribution in [3.63, 3.8) is 0 Å². The average molecular weight is 224 g/mol. The molecule has 0 radical (unpaired) electrons. The van der Waals surface area contributed by atoms with Gasteiger partial charge in [-0.2, -0.15) is 0 Å². The summed E-state index contributed by atoms with van der Waals surface area (Å²) in [5, 5.41) is 0. The van der Waals surface area contributed by atoms with Crippen molar-refractivity contribution in [2.75, 3.05) is 0 Å². The zero-order chi connectivity index (χ0) is 11.7. The van der Waals surface area contributed by atoms with E-state index in [0.717, 1.165) is 5.56 Å². The molecule has 0 spiro atoms. The van der Waals surface area contributed by atoms with E-state index >= 15 is 0 Å². The fraction of sp³-hybridized carbons (Fsp3) is 0.333. The maximum atomic E-state index is 12.1. The van der Waals surface area contributed by atoms with Gasteiger partial charge in [-0.1, -0.05) is 24.8 Å². The maximum Gasteiger partial charge on any atom is 0.183 e. The van der Waals surface area contributed by atoms with E-state index in [1.54, 1.807) is 45.0 Å². The Labute approximate surface area is 91.6 Å². The van der Waals surface area contributed by atoms with Crippen molar-refractivity contribution >= 4 is 15.9 Å². The van der Waals surface area contributed by atoms with Crippen molar-refractivity contribution in [2.24, 2.45) is 0 Å². The molecule has 0 amide bonds. The molecule has 0 atom stereocenters. The Hall–Kier alpha value is -1.09. The summed E-state index contributed by atoms with van der Waals surface area (Å²) >= 11 is 0. The van der Waals surface area contributed by atoms with Crippen molar-refractivity contribution < 1.29 is 8.42 Å². The third kappa shape index (κ3) is 2.29. The van der Waals surface area contributed by atoms with Gasteiger partial charge in [-0.3, -0.25) is 0 Å². The van der Waals surface area contributed by atoms with Crippen LogP contribution in [0.5, 0.6) is 0 Å². The van der Waals surface area contributed by atoms with Gasteiger partial charge in [0, 0.05) is 0 Å². The second kappa shape index (κ2) is 3.81. The van der Waals surface area contributed by atoms with Crippen LogP contribution in [0.1, 0.15) is 26.3 Å². The topological polar surface area (TPSA) is 34.1 Å². The number of rotatable bonds is 2. The van der Waals surface area contributed by atoms with Crippen molar-refractivity contribution in [1.82, 2.24) is 0 Å². The quantitative estimate of drug-likeness (QED) is 0.774. The zero-order valence-corrected chi connectivity index (χ0v) is 10.1. The van der Waals surface area contributed by atoms with Crippen molar-refractivity contribution in [3.8, 4) is 0 Å². The summed E-state index contributed by atoms with van der Waals surface area (Å²) in [5.41, 5.74) is 0.820. The molecular formula is C12H16O2S. The monoisotopic (exact) mass is 224 g/mol. The molecule has 1 aromatic carbocycles. The van der Waals surface area contributed by atoms with Gasteiger partial charge in [-0.25, -0.2) is 8.42 Å². The molecule has 82 valence electrons. The Kier molecular flexibility index (Phi) is 3.05. The number of benzene rings is 1. The molecule has 0 aliphatic heterocycles. The smallest absolute Gasteiger partial charge is 0.183 e. The Balaban J connectivity index is 3.34. The summed E-state index contributed by atoms with van der Waals surface area (Å²) < 4.78 is 23.4. The minimum Gasteiger partial charge on any atom is -0.223 e. The second-order valence-electron chi connectivity index (χ2n) is 4.39. The van der Waals surface area contributed by atoms with E-state index in [1.807, 2.05) is 6.07 Å². The second-order valence-corrected chi connectivity index (χ2v) is 7.10. The lowest BCUT2D eigenvalue weighted by Gasteiger charge is -2.19. The van der Waals surface area contributed by atoms with Gasteiger partial charge in [0.05, 0.1) is 9.64 Å². The van der Waals surface area contributed by atoms with Crippen molar-refractivity contribution in [2.45, 2.75) is 30.4 Å².